The van der Waals surface area contributed by atoms with E-state index >= 15 is 0 Å². The molecule has 2 nitrogen and oxygen atoms in total. The summed E-state index contributed by atoms with van der Waals surface area (Å²) in [5, 5.41) is 0. The Morgan fingerprint density at radius 2 is 1.12 bits per heavy atom. The summed E-state index contributed by atoms with van der Waals surface area (Å²) in [4.78, 5) is 13.0. The highest BCUT2D eigenvalue weighted by Gasteiger charge is 2.90. The van der Waals surface area contributed by atoms with Crippen molar-refractivity contribution in [1.82, 2.24) is 4.90 Å². The molecule has 0 radical (unpaired) electrons. The maximum absolute atomic E-state index is 13.7. The Kier molecular flexibility index (Phi) is 9.75. The van der Waals surface area contributed by atoms with Crippen molar-refractivity contribution < 1.29 is 61.9 Å². The highest BCUT2D eigenvalue weighted by Crippen LogP contribution is 2.60. The van der Waals surface area contributed by atoms with Gasteiger partial charge in [-0.3, -0.25) is 4.79 Å². The van der Waals surface area contributed by atoms with E-state index in [9.17, 15) is 61.9 Å². The van der Waals surface area contributed by atoms with Crippen molar-refractivity contribution in [3.63, 3.8) is 0 Å². The molecule has 0 atom stereocenters. The van der Waals surface area contributed by atoms with Crippen LogP contribution < -0.4 is 0 Å². The van der Waals surface area contributed by atoms with Gasteiger partial charge in [-0.2, -0.15) is 57.1 Å². The lowest BCUT2D eigenvalue weighted by atomic mass is 9.91. The zero-order chi connectivity index (χ0) is 26.7. The van der Waals surface area contributed by atoms with Crippen LogP contribution in [0.25, 0.3) is 0 Å². The number of alkyl halides is 13. The number of hydrogen-bond acceptors (Lipinski definition) is 1. The van der Waals surface area contributed by atoms with Crippen molar-refractivity contribution in [3.05, 3.63) is 12.2 Å². The monoisotopic (exact) mass is 515 g/mol. The average molecular weight is 515 g/mol. The van der Waals surface area contributed by atoms with E-state index in [1.54, 1.807) is 6.92 Å². The molecule has 0 rings (SSSR count). The second-order valence-corrected chi connectivity index (χ2v) is 7.38. The quantitative estimate of drug-likeness (QED) is 0.146. The van der Waals surface area contributed by atoms with Crippen molar-refractivity contribution >= 4 is 5.91 Å². The molecule has 0 aliphatic carbocycles. The van der Waals surface area contributed by atoms with E-state index in [0.717, 1.165) is 4.90 Å². The molecule has 0 aliphatic rings. The van der Waals surface area contributed by atoms with Crippen LogP contribution in [0.3, 0.4) is 0 Å². The van der Waals surface area contributed by atoms with Crippen molar-refractivity contribution in [2.24, 2.45) is 0 Å². The molecular weight excluding hydrogens is 493 g/mol. The van der Waals surface area contributed by atoms with Gasteiger partial charge >= 0.3 is 35.8 Å². The van der Waals surface area contributed by atoms with Crippen molar-refractivity contribution in [1.29, 1.82) is 0 Å². The van der Waals surface area contributed by atoms with Crippen LogP contribution in [0.2, 0.25) is 0 Å². The molecule has 1 amide bonds. The van der Waals surface area contributed by atoms with Gasteiger partial charge in [0.05, 0.1) is 0 Å². The van der Waals surface area contributed by atoms with E-state index in [2.05, 4.69) is 6.58 Å². The highest BCUT2D eigenvalue weighted by atomic mass is 19.4. The van der Waals surface area contributed by atoms with E-state index in [1.807, 2.05) is 0 Å². The molecule has 0 aromatic carbocycles. The minimum Gasteiger partial charge on any atom is -0.339 e. The third-order valence-electron chi connectivity index (χ3n) is 4.60. The number of rotatable bonds is 13. The van der Waals surface area contributed by atoms with Gasteiger partial charge < -0.3 is 4.90 Å². The fraction of sp³-hybridized carbons (Fsp3) is 0.833. The molecule has 0 N–H and O–H groups in total. The first kappa shape index (κ1) is 31.3. The van der Waals surface area contributed by atoms with Gasteiger partial charge in [-0.25, -0.2) is 0 Å². The lowest BCUT2D eigenvalue weighted by Gasteiger charge is -2.39. The highest BCUT2D eigenvalue weighted by molar-refractivity contribution is 5.92. The van der Waals surface area contributed by atoms with E-state index in [0.29, 0.717) is 12.8 Å². The number of carbonyl (C=O) groups is 1. The Hall–Kier alpha value is -1.70. The SMILES string of the molecule is C=C(C)C(=O)N(CCCC)CCCCC(F)(F)C(F)(F)C(F)(F)C(F)(F)C(F)(F)C(F)(F)F. The summed E-state index contributed by atoms with van der Waals surface area (Å²) in [5.41, 5.74) is 0.0374. The summed E-state index contributed by atoms with van der Waals surface area (Å²) in [6.07, 6.45) is -10.2. The summed E-state index contributed by atoms with van der Waals surface area (Å²) >= 11 is 0. The van der Waals surface area contributed by atoms with Crippen LogP contribution in [0.4, 0.5) is 57.1 Å². The fourth-order valence-electron chi connectivity index (χ4n) is 2.54. The first-order chi connectivity index (χ1) is 14.5. The minimum atomic E-state index is -7.89. The third kappa shape index (κ3) is 6.06. The van der Waals surface area contributed by atoms with Gasteiger partial charge in [0.15, 0.2) is 0 Å². The van der Waals surface area contributed by atoms with Gasteiger partial charge in [0.2, 0.25) is 5.91 Å². The zero-order valence-corrected chi connectivity index (χ0v) is 17.4. The van der Waals surface area contributed by atoms with E-state index in [4.69, 9.17) is 0 Å². The van der Waals surface area contributed by atoms with Gasteiger partial charge in [-0.05, 0) is 26.2 Å². The van der Waals surface area contributed by atoms with E-state index in [-0.39, 0.29) is 18.7 Å². The van der Waals surface area contributed by atoms with E-state index in [1.165, 1.54) is 6.92 Å². The van der Waals surface area contributed by atoms with Crippen LogP contribution >= 0.6 is 0 Å². The molecular formula is C18H22F13NO. The molecule has 0 saturated carbocycles. The summed E-state index contributed by atoms with van der Waals surface area (Å²) in [6, 6.07) is 0. The number of unbranched alkanes of at least 4 members (excludes halogenated alkanes) is 2. The predicted molar refractivity (Wildman–Crippen MR) is 90.9 cm³/mol. The molecule has 0 spiro atoms. The van der Waals surface area contributed by atoms with Crippen molar-refractivity contribution in [2.75, 3.05) is 13.1 Å². The maximum atomic E-state index is 13.7. The molecule has 0 fully saturated rings. The number of nitrogens with zero attached hydrogens (tertiary/aromatic N) is 1. The Bertz CT molecular complexity index is 685. The van der Waals surface area contributed by atoms with E-state index < -0.39 is 61.0 Å². The van der Waals surface area contributed by atoms with Gasteiger partial charge in [-0.1, -0.05) is 19.9 Å². The standard InChI is InChI=1S/C18H22F13NO/c1-4-5-9-32(12(33)11(2)3)10-7-6-8-13(19,20)14(21,22)15(23,24)16(25,26)17(27,28)18(29,30)31/h2,4-10H2,1,3H3. The Balaban J connectivity index is 5.54. The lowest BCUT2D eigenvalue weighted by molar-refractivity contribution is -0.440. The Morgan fingerprint density at radius 1 is 0.697 bits per heavy atom. The smallest absolute Gasteiger partial charge is 0.339 e. The molecule has 0 saturated heterocycles. The number of amides is 1. The first-order valence-electron chi connectivity index (χ1n) is 9.43. The Labute approximate surface area is 180 Å². The largest absolute Gasteiger partial charge is 0.460 e. The van der Waals surface area contributed by atoms with Gasteiger partial charge in [-0.15, -0.1) is 0 Å². The summed E-state index contributed by atoms with van der Waals surface area (Å²) in [7, 11) is 0. The van der Waals surface area contributed by atoms with Crippen LogP contribution in [0.5, 0.6) is 0 Å². The topological polar surface area (TPSA) is 20.3 Å². The van der Waals surface area contributed by atoms with Crippen LogP contribution in [-0.4, -0.2) is 59.7 Å². The molecule has 0 unspecified atom stereocenters. The molecule has 0 heterocycles. The Morgan fingerprint density at radius 3 is 1.52 bits per heavy atom. The van der Waals surface area contributed by atoms with Gasteiger partial charge in [0.1, 0.15) is 0 Å². The molecule has 0 aromatic heterocycles. The zero-order valence-electron chi connectivity index (χ0n) is 17.4. The predicted octanol–water partition coefficient (Wildman–Crippen LogP) is 7.10. The molecule has 0 aliphatic heterocycles. The second kappa shape index (κ2) is 10.3. The van der Waals surface area contributed by atoms with Gasteiger partial charge in [0.25, 0.3) is 0 Å². The van der Waals surface area contributed by atoms with Crippen LogP contribution in [-0.2, 0) is 4.79 Å². The van der Waals surface area contributed by atoms with Gasteiger partial charge in [0, 0.05) is 25.1 Å². The van der Waals surface area contributed by atoms with Crippen LogP contribution in [0, 0.1) is 0 Å². The van der Waals surface area contributed by atoms with Crippen LogP contribution in [0.1, 0.15) is 46.0 Å². The molecule has 196 valence electrons. The number of halogens is 13. The summed E-state index contributed by atoms with van der Waals surface area (Å²) in [5.74, 6) is -37.4. The fourth-order valence-corrected chi connectivity index (χ4v) is 2.54. The average Bonchev–Trinajstić information content (AvgIpc) is 2.65. The summed E-state index contributed by atoms with van der Waals surface area (Å²) in [6.45, 7) is 6.18. The molecule has 0 bridgehead atoms. The van der Waals surface area contributed by atoms with Crippen molar-refractivity contribution in [2.45, 2.75) is 81.7 Å². The first-order valence-corrected chi connectivity index (χ1v) is 9.43. The second-order valence-electron chi connectivity index (χ2n) is 7.38. The minimum absolute atomic E-state index is 0.0374. The third-order valence-corrected chi connectivity index (χ3v) is 4.60. The molecule has 15 heteroatoms. The van der Waals surface area contributed by atoms with Crippen molar-refractivity contribution in [3.8, 4) is 0 Å². The normalized spacial score (nSPS) is 14.4. The molecule has 33 heavy (non-hydrogen) atoms. The van der Waals surface area contributed by atoms with Crippen LogP contribution in [0.15, 0.2) is 12.2 Å². The summed E-state index contributed by atoms with van der Waals surface area (Å²) < 4.78 is 170. The lowest BCUT2D eigenvalue weighted by Crippen LogP contribution is -2.70. The number of hydrogen-bond donors (Lipinski definition) is 0. The molecule has 0 aromatic rings. The maximum Gasteiger partial charge on any atom is 0.460 e. The number of carbonyl (C=O) groups excluding carboxylic acids is 1.